The molecule has 2 aromatic carbocycles. The number of methoxy groups -OCH3 is 1. The fraction of sp³-hybridized carbons (Fsp3) is 0.435. The molecule has 1 heterocycles. The maximum absolute atomic E-state index is 12.7. The van der Waals surface area contributed by atoms with Gasteiger partial charge in [0.05, 0.1) is 19.3 Å². The van der Waals surface area contributed by atoms with Crippen LogP contribution in [0.25, 0.3) is 21.9 Å². The molecule has 1 N–H and O–H groups in total. The van der Waals surface area contributed by atoms with E-state index in [9.17, 15) is 4.79 Å². The Labute approximate surface area is 165 Å². The van der Waals surface area contributed by atoms with Crippen molar-refractivity contribution in [1.29, 1.82) is 0 Å². The number of para-hydroxylation sites is 1. The van der Waals surface area contributed by atoms with Crippen LogP contribution >= 0.6 is 0 Å². The number of fused-ring (bicyclic) bond motifs is 3. The number of hydrogen-bond acceptors (Lipinski definition) is 4. The van der Waals surface area contributed by atoms with Gasteiger partial charge in [0.15, 0.2) is 0 Å². The molecule has 1 aromatic heterocycles. The number of amides is 1. The summed E-state index contributed by atoms with van der Waals surface area (Å²) < 4.78 is 11.5. The second-order valence-electron chi connectivity index (χ2n) is 7.76. The molecule has 0 radical (unpaired) electrons. The van der Waals surface area contributed by atoms with Crippen LogP contribution in [0.3, 0.4) is 0 Å². The number of furan rings is 1. The highest BCUT2D eigenvalue weighted by atomic mass is 16.5. The molecule has 3 aromatic rings. The van der Waals surface area contributed by atoms with E-state index < -0.39 is 0 Å². The standard InChI is InChI=1S/C23H28N2O3/c1-25(16-9-5-3-4-6-10-16)15-23(26)24-19-14-21-18(13-22(19)27-2)17-11-7-8-12-20(17)28-21/h7-8,11-14,16H,3-6,9-10,15H2,1-2H3,(H,24,26). The number of anilines is 1. The molecular weight excluding hydrogens is 352 g/mol. The van der Waals surface area contributed by atoms with Crippen molar-refractivity contribution in [3.05, 3.63) is 36.4 Å². The minimum Gasteiger partial charge on any atom is -0.495 e. The van der Waals surface area contributed by atoms with Gasteiger partial charge in [-0.3, -0.25) is 9.69 Å². The van der Waals surface area contributed by atoms with Crippen molar-refractivity contribution in [2.45, 2.75) is 44.6 Å². The lowest BCUT2D eigenvalue weighted by Gasteiger charge is -2.26. The summed E-state index contributed by atoms with van der Waals surface area (Å²) in [5.74, 6) is 0.616. The fourth-order valence-electron chi connectivity index (χ4n) is 4.26. The third kappa shape index (κ3) is 3.85. The Bertz CT molecular complexity index is 971. The summed E-state index contributed by atoms with van der Waals surface area (Å²) >= 11 is 0. The smallest absolute Gasteiger partial charge is 0.238 e. The molecule has 0 unspecified atom stereocenters. The molecule has 0 spiro atoms. The van der Waals surface area contributed by atoms with Gasteiger partial charge >= 0.3 is 0 Å². The van der Waals surface area contributed by atoms with Crippen molar-refractivity contribution in [1.82, 2.24) is 4.90 Å². The van der Waals surface area contributed by atoms with Crippen LogP contribution < -0.4 is 10.1 Å². The number of nitrogens with one attached hydrogen (secondary N) is 1. The molecule has 0 bridgehead atoms. The minimum absolute atomic E-state index is 0.0273. The van der Waals surface area contributed by atoms with Gasteiger partial charge in [0.1, 0.15) is 16.9 Å². The first-order valence-corrected chi connectivity index (χ1v) is 10.1. The van der Waals surface area contributed by atoms with Crippen LogP contribution in [-0.4, -0.2) is 37.6 Å². The number of rotatable bonds is 5. The maximum Gasteiger partial charge on any atom is 0.238 e. The van der Waals surface area contributed by atoms with E-state index >= 15 is 0 Å². The summed E-state index contributed by atoms with van der Waals surface area (Å²) in [5.41, 5.74) is 2.22. The molecular formula is C23H28N2O3. The van der Waals surface area contributed by atoms with E-state index in [0.717, 1.165) is 21.9 Å². The SMILES string of the molecule is COc1cc2c(cc1NC(=O)CN(C)C1CCCCCC1)oc1ccccc12. The monoisotopic (exact) mass is 380 g/mol. The van der Waals surface area contributed by atoms with E-state index in [2.05, 4.69) is 17.3 Å². The summed E-state index contributed by atoms with van der Waals surface area (Å²) in [4.78, 5) is 14.9. The quantitative estimate of drug-likeness (QED) is 0.619. The zero-order valence-corrected chi connectivity index (χ0v) is 16.7. The molecule has 1 saturated carbocycles. The third-order valence-corrected chi connectivity index (χ3v) is 5.81. The van der Waals surface area contributed by atoms with Crippen molar-refractivity contribution in [3.8, 4) is 5.75 Å². The Kier molecular flexibility index (Phi) is 5.53. The Morgan fingerprint density at radius 3 is 2.61 bits per heavy atom. The van der Waals surface area contributed by atoms with Crippen molar-refractivity contribution < 1.29 is 13.9 Å². The Morgan fingerprint density at radius 2 is 1.86 bits per heavy atom. The largest absolute Gasteiger partial charge is 0.495 e. The van der Waals surface area contributed by atoms with Gasteiger partial charge in [-0.05, 0) is 32.0 Å². The lowest BCUT2D eigenvalue weighted by Crippen LogP contribution is -2.37. The van der Waals surface area contributed by atoms with E-state index in [1.54, 1.807) is 7.11 Å². The van der Waals surface area contributed by atoms with Gasteiger partial charge in [0, 0.05) is 22.9 Å². The topological polar surface area (TPSA) is 54.7 Å². The zero-order chi connectivity index (χ0) is 19.5. The Hall–Kier alpha value is -2.53. The maximum atomic E-state index is 12.7. The van der Waals surface area contributed by atoms with Gasteiger partial charge in [0.2, 0.25) is 5.91 Å². The van der Waals surface area contributed by atoms with Crippen LogP contribution in [0, 0.1) is 0 Å². The van der Waals surface area contributed by atoms with Crippen LogP contribution in [0.5, 0.6) is 5.75 Å². The van der Waals surface area contributed by atoms with Crippen LogP contribution in [0.1, 0.15) is 38.5 Å². The van der Waals surface area contributed by atoms with Crippen LogP contribution in [0.15, 0.2) is 40.8 Å². The number of likely N-dealkylation sites (N-methyl/N-ethyl adjacent to an activating group) is 1. The summed E-state index contributed by atoms with van der Waals surface area (Å²) in [6.07, 6.45) is 7.49. The van der Waals surface area contributed by atoms with Gasteiger partial charge in [-0.25, -0.2) is 0 Å². The number of carbonyl (C=O) groups is 1. The fourth-order valence-corrected chi connectivity index (χ4v) is 4.26. The summed E-state index contributed by atoms with van der Waals surface area (Å²) in [6, 6.07) is 12.2. The predicted octanol–water partition coefficient (Wildman–Crippen LogP) is 5.19. The second-order valence-corrected chi connectivity index (χ2v) is 7.76. The molecule has 1 aliphatic rings. The van der Waals surface area contributed by atoms with Gasteiger partial charge in [-0.15, -0.1) is 0 Å². The summed E-state index contributed by atoms with van der Waals surface area (Å²) in [6.45, 7) is 0.381. The molecule has 1 fully saturated rings. The number of ether oxygens (including phenoxy) is 1. The molecule has 1 aliphatic carbocycles. The average molecular weight is 380 g/mol. The van der Waals surface area contributed by atoms with Crippen molar-refractivity contribution in [3.63, 3.8) is 0 Å². The van der Waals surface area contributed by atoms with E-state index in [1.807, 2.05) is 36.4 Å². The second kappa shape index (κ2) is 8.23. The van der Waals surface area contributed by atoms with Crippen LogP contribution in [0.2, 0.25) is 0 Å². The Balaban J connectivity index is 1.53. The molecule has 4 rings (SSSR count). The van der Waals surface area contributed by atoms with Gasteiger partial charge in [0.25, 0.3) is 0 Å². The zero-order valence-electron chi connectivity index (χ0n) is 16.7. The van der Waals surface area contributed by atoms with Crippen molar-refractivity contribution in [2.24, 2.45) is 0 Å². The highest BCUT2D eigenvalue weighted by Crippen LogP contribution is 2.36. The van der Waals surface area contributed by atoms with Crippen LogP contribution in [0.4, 0.5) is 5.69 Å². The number of benzene rings is 2. The minimum atomic E-state index is -0.0273. The molecule has 0 aliphatic heterocycles. The first-order valence-electron chi connectivity index (χ1n) is 10.1. The first-order chi connectivity index (χ1) is 13.7. The molecule has 0 atom stereocenters. The molecule has 1 amide bonds. The number of nitrogens with zero attached hydrogens (tertiary/aromatic N) is 1. The van der Waals surface area contributed by atoms with E-state index in [-0.39, 0.29) is 5.91 Å². The van der Waals surface area contributed by atoms with E-state index in [1.165, 1.54) is 38.5 Å². The summed E-state index contributed by atoms with van der Waals surface area (Å²) in [7, 11) is 3.67. The lowest BCUT2D eigenvalue weighted by molar-refractivity contribution is -0.117. The predicted molar refractivity (Wildman–Crippen MR) is 113 cm³/mol. The van der Waals surface area contributed by atoms with Crippen molar-refractivity contribution in [2.75, 3.05) is 26.0 Å². The lowest BCUT2D eigenvalue weighted by atomic mass is 10.1. The first kappa shape index (κ1) is 18.8. The Morgan fingerprint density at radius 1 is 1.11 bits per heavy atom. The number of hydrogen-bond donors (Lipinski definition) is 1. The number of carbonyl (C=O) groups excluding carboxylic acids is 1. The normalized spacial score (nSPS) is 15.8. The highest BCUT2D eigenvalue weighted by molar-refractivity contribution is 6.07. The van der Waals surface area contributed by atoms with Gasteiger partial charge in [-0.2, -0.15) is 0 Å². The molecule has 5 nitrogen and oxygen atoms in total. The van der Waals surface area contributed by atoms with Gasteiger partial charge in [-0.1, -0.05) is 43.9 Å². The molecule has 28 heavy (non-hydrogen) atoms. The third-order valence-electron chi connectivity index (χ3n) is 5.81. The van der Waals surface area contributed by atoms with E-state index in [0.29, 0.717) is 24.0 Å². The van der Waals surface area contributed by atoms with E-state index in [4.69, 9.17) is 9.15 Å². The molecule has 148 valence electrons. The van der Waals surface area contributed by atoms with Crippen molar-refractivity contribution >= 4 is 33.5 Å². The molecule has 0 saturated heterocycles. The highest BCUT2D eigenvalue weighted by Gasteiger charge is 2.20. The average Bonchev–Trinajstić information content (AvgIpc) is 2.86. The summed E-state index contributed by atoms with van der Waals surface area (Å²) in [5, 5.41) is 5.05. The van der Waals surface area contributed by atoms with Gasteiger partial charge < -0.3 is 14.5 Å². The van der Waals surface area contributed by atoms with Crippen LogP contribution in [-0.2, 0) is 4.79 Å². The molecule has 5 heteroatoms.